The number of hydrogen-bond acceptors (Lipinski definition) is 4. The lowest BCUT2D eigenvalue weighted by Crippen LogP contribution is -2.29. The molecule has 1 N–H and O–H groups in total. The van der Waals surface area contributed by atoms with Gasteiger partial charge in [0.1, 0.15) is 6.10 Å². The standard InChI is InChI=1S/C45H81NO3/c1-4-6-8-10-12-14-16-18-20-22-24-26-28-30-32-34-36-43(49-45(48)44-41-46(38-39-47)40-42(44)3)37-35-33-31-29-27-25-23-21-19-17-15-13-11-9-7-5-2/h12-15,18-21,42-44,47H,4-11,16-17,22-41H2,1-3H3/b14-12-,15-13-,20-18-,21-19-. The van der Waals surface area contributed by atoms with E-state index in [9.17, 15) is 9.90 Å². The fourth-order valence-corrected chi connectivity index (χ4v) is 6.93. The second-order valence-corrected chi connectivity index (χ2v) is 14.9. The van der Waals surface area contributed by atoms with Crippen LogP contribution in [-0.4, -0.2) is 48.3 Å². The minimum Gasteiger partial charge on any atom is -0.462 e. The summed E-state index contributed by atoms with van der Waals surface area (Å²) < 4.78 is 6.23. The van der Waals surface area contributed by atoms with Gasteiger partial charge in [-0.2, -0.15) is 0 Å². The van der Waals surface area contributed by atoms with E-state index >= 15 is 0 Å². The summed E-state index contributed by atoms with van der Waals surface area (Å²) in [7, 11) is 0. The Balaban J connectivity index is 2.25. The number of rotatable bonds is 34. The smallest absolute Gasteiger partial charge is 0.310 e. The van der Waals surface area contributed by atoms with Gasteiger partial charge in [-0.1, -0.05) is 146 Å². The lowest BCUT2D eigenvalue weighted by Gasteiger charge is -2.22. The van der Waals surface area contributed by atoms with Crippen LogP contribution in [0.3, 0.4) is 0 Å². The van der Waals surface area contributed by atoms with E-state index in [0.717, 1.165) is 51.6 Å². The van der Waals surface area contributed by atoms with Gasteiger partial charge in [0.2, 0.25) is 0 Å². The Bertz CT molecular complexity index is 798. The van der Waals surface area contributed by atoms with Gasteiger partial charge in [-0.25, -0.2) is 0 Å². The Hall–Kier alpha value is -1.65. The van der Waals surface area contributed by atoms with E-state index in [4.69, 9.17) is 4.74 Å². The summed E-state index contributed by atoms with van der Waals surface area (Å²) in [4.78, 5) is 15.4. The van der Waals surface area contributed by atoms with Gasteiger partial charge in [0, 0.05) is 19.6 Å². The molecule has 0 amide bonds. The Morgan fingerprint density at radius 3 is 1.45 bits per heavy atom. The van der Waals surface area contributed by atoms with Gasteiger partial charge in [-0.15, -0.1) is 0 Å². The summed E-state index contributed by atoms with van der Waals surface area (Å²) in [6, 6.07) is 0. The highest BCUT2D eigenvalue weighted by atomic mass is 16.5. The van der Waals surface area contributed by atoms with Crippen molar-refractivity contribution in [2.75, 3.05) is 26.2 Å². The maximum Gasteiger partial charge on any atom is 0.310 e. The van der Waals surface area contributed by atoms with Crippen molar-refractivity contribution in [3.63, 3.8) is 0 Å². The molecule has 0 radical (unpaired) electrons. The van der Waals surface area contributed by atoms with Crippen LogP contribution < -0.4 is 0 Å². The monoisotopic (exact) mass is 684 g/mol. The van der Waals surface area contributed by atoms with E-state index in [0.29, 0.717) is 12.5 Å². The molecule has 4 nitrogen and oxygen atoms in total. The first-order valence-electron chi connectivity index (χ1n) is 21.3. The Kier molecular flexibility index (Phi) is 32.2. The number of carbonyl (C=O) groups excluding carboxylic acids is 1. The molecule has 0 aromatic carbocycles. The van der Waals surface area contributed by atoms with Gasteiger partial charge < -0.3 is 9.84 Å². The second kappa shape index (κ2) is 34.8. The zero-order valence-electron chi connectivity index (χ0n) is 32.8. The highest BCUT2D eigenvalue weighted by Gasteiger charge is 2.36. The number of unbranched alkanes of at least 4 members (excludes halogenated alkanes) is 18. The molecular weight excluding hydrogens is 602 g/mol. The van der Waals surface area contributed by atoms with Crippen molar-refractivity contribution in [2.24, 2.45) is 11.8 Å². The van der Waals surface area contributed by atoms with Crippen LogP contribution in [-0.2, 0) is 9.53 Å². The first-order valence-corrected chi connectivity index (χ1v) is 21.3. The van der Waals surface area contributed by atoms with Gasteiger partial charge in [0.25, 0.3) is 0 Å². The van der Waals surface area contributed by atoms with Crippen LogP contribution in [0.2, 0.25) is 0 Å². The Morgan fingerprint density at radius 2 is 1.02 bits per heavy atom. The van der Waals surface area contributed by atoms with Crippen LogP contribution in [0, 0.1) is 11.8 Å². The number of hydrogen-bond donors (Lipinski definition) is 1. The molecule has 1 aliphatic rings. The van der Waals surface area contributed by atoms with E-state index in [1.165, 1.54) is 128 Å². The number of carbonyl (C=O) groups is 1. The Morgan fingerprint density at radius 1 is 0.612 bits per heavy atom. The summed E-state index contributed by atoms with van der Waals surface area (Å²) in [5, 5.41) is 9.35. The predicted molar refractivity (Wildman–Crippen MR) is 214 cm³/mol. The van der Waals surface area contributed by atoms with E-state index in [1.807, 2.05) is 0 Å². The van der Waals surface area contributed by atoms with Gasteiger partial charge in [-0.3, -0.25) is 9.69 Å². The molecule has 0 aromatic heterocycles. The summed E-state index contributed by atoms with van der Waals surface area (Å²) in [6.07, 6.45) is 50.8. The van der Waals surface area contributed by atoms with Crippen molar-refractivity contribution < 1.29 is 14.6 Å². The van der Waals surface area contributed by atoms with Crippen LogP contribution >= 0.6 is 0 Å². The first kappa shape index (κ1) is 45.4. The molecule has 0 aromatic rings. The molecule has 1 heterocycles. The molecule has 2 atom stereocenters. The van der Waals surface area contributed by atoms with Crippen LogP contribution in [0.15, 0.2) is 48.6 Å². The molecule has 1 rings (SSSR count). The molecular formula is C45H81NO3. The summed E-state index contributed by atoms with van der Waals surface area (Å²) in [5.74, 6) is 0.238. The minimum absolute atomic E-state index is 0.00184. The van der Waals surface area contributed by atoms with E-state index in [1.54, 1.807) is 0 Å². The number of esters is 1. The van der Waals surface area contributed by atoms with Gasteiger partial charge in [0.15, 0.2) is 0 Å². The normalized spacial score (nSPS) is 17.3. The Labute approximate surface area is 305 Å². The van der Waals surface area contributed by atoms with Crippen molar-refractivity contribution in [1.82, 2.24) is 4.90 Å². The second-order valence-electron chi connectivity index (χ2n) is 14.9. The van der Waals surface area contributed by atoms with Crippen molar-refractivity contribution in [1.29, 1.82) is 0 Å². The molecule has 2 unspecified atom stereocenters. The summed E-state index contributed by atoms with van der Waals surface area (Å²) in [6.45, 7) is 9.08. The highest BCUT2D eigenvalue weighted by molar-refractivity contribution is 5.73. The highest BCUT2D eigenvalue weighted by Crippen LogP contribution is 2.26. The third kappa shape index (κ3) is 27.7. The summed E-state index contributed by atoms with van der Waals surface area (Å²) in [5.41, 5.74) is 0. The van der Waals surface area contributed by atoms with Crippen LogP contribution in [0.5, 0.6) is 0 Å². The van der Waals surface area contributed by atoms with Gasteiger partial charge >= 0.3 is 5.97 Å². The number of ether oxygens (including phenoxy) is 1. The molecule has 1 saturated heterocycles. The molecule has 0 bridgehead atoms. The minimum atomic E-state index is -0.0548. The first-order chi connectivity index (χ1) is 24.1. The van der Waals surface area contributed by atoms with Gasteiger partial charge in [-0.05, 0) is 95.8 Å². The van der Waals surface area contributed by atoms with Crippen molar-refractivity contribution in [2.45, 2.75) is 194 Å². The maximum atomic E-state index is 13.2. The third-order valence-electron chi connectivity index (χ3n) is 10.1. The lowest BCUT2D eigenvalue weighted by atomic mass is 9.97. The average molecular weight is 684 g/mol. The van der Waals surface area contributed by atoms with Crippen LogP contribution in [0.25, 0.3) is 0 Å². The topological polar surface area (TPSA) is 49.8 Å². The number of likely N-dealkylation sites (tertiary alicyclic amines) is 1. The summed E-state index contributed by atoms with van der Waals surface area (Å²) >= 11 is 0. The van der Waals surface area contributed by atoms with Crippen molar-refractivity contribution >= 4 is 5.97 Å². The van der Waals surface area contributed by atoms with Crippen LogP contribution in [0.1, 0.15) is 188 Å². The molecule has 4 heteroatoms. The average Bonchev–Trinajstić information content (AvgIpc) is 3.47. The molecule has 0 saturated carbocycles. The van der Waals surface area contributed by atoms with Crippen molar-refractivity contribution in [3.05, 3.63) is 48.6 Å². The molecule has 0 aliphatic carbocycles. The zero-order valence-corrected chi connectivity index (χ0v) is 32.8. The van der Waals surface area contributed by atoms with Crippen molar-refractivity contribution in [3.8, 4) is 0 Å². The number of aliphatic hydroxyl groups is 1. The van der Waals surface area contributed by atoms with E-state index in [2.05, 4.69) is 74.3 Å². The van der Waals surface area contributed by atoms with E-state index < -0.39 is 0 Å². The van der Waals surface area contributed by atoms with E-state index in [-0.39, 0.29) is 24.6 Å². The molecule has 284 valence electrons. The maximum absolute atomic E-state index is 13.2. The molecule has 0 spiro atoms. The van der Waals surface area contributed by atoms with Gasteiger partial charge in [0.05, 0.1) is 12.5 Å². The third-order valence-corrected chi connectivity index (χ3v) is 10.1. The number of aliphatic hydroxyl groups excluding tert-OH is 1. The molecule has 1 aliphatic heterocycles. The molecule has 1 fully saturated rings. The number of allylic oxidation sites excluding steroid dienone is 8. The van der Waals surface area contributed by atoms with Crippen LogP contribution in [0.4, 0.5) is 0 Å². The predicted octanol–water partition coefficient (Wildman–Crippen LogP) is 12.9. The largest absolute Gasteiger partial charge is 0.462 e. The zero-order chi connectivity index (χ0) is 35.5. The molecule has 49 heavy (non-hydrogen) atoms. The fourth-order valence-electron chi connectivity index (χ4n) is 6.93. The lowest BCUT2D eigenvalue weighted by molar-refractivity contribution is -0.155. The SMILES string of the molecule is CCCCC/C=C\C/C=C\CCCCCCCCC(CCCCCCCC/C=C\C/C=C\CCCCC)OC(=O)C1CN(CCO)CC1C. The quantitative estimate of drug-likeness (QED) is 0.0417. The number of nitrogens with zero attached hydrogens (tertiary/aromatic N) is 1. The number of β-amino-alcohol motifs (C(OH)–C–C–N with tert-alkyl or cyclic N) is 1. The fraction of sp³-hybridized carbons (Fsp3) is 0.800.